The number of ether oxygens (including phenoxy) is 1. The molecule has 0 saturated heterocycles. The molecule has 2 aliphatic rings. The number of benzene rings is 2. The number of carbonyl (C=O) groups is 1. The number of H-pyrrole nitrogens is 1. The molecule has 3 N–H and O–H groups in total. The predicted octanol–water partition coefficient (Wildman–Crippen LogP) is 2.33. The monoisotopic (exact) mass is 414 g/mol. The molecule has 0 radical (unpaired) electrons. The third-order valence-corrected chi connectivity index (χ3v) is 5.69. The van der Waals surface area contributed by atoms with Crippen molar-refractivity contribution in [2.75, 3.05) is 11.9 Å². The highest BCUT2D eigenvalue weighted by molar-refractivity contribution is 6.15. The van der Waals surface area contributed by atoms with E-state index in [1.54, 1.807) is 7.05 Å². The van der Waals surface area contributed by atoms with Crippen LogP contribution in [-0.2, 0) is 10.2 Å². The summed E-state index contributed by atoms with van der Waals surface area (Å²) in [5.41, 5.74) is 6.11. The molecule has 1 spiro atoms. The van der Waals surface area contributed by atoms with Crippen LogP contribution in [0.1, 0.15) is 11.1 Å². The number of hydrogen-bond acceptors (Lipinski definition) is 7. The minimum absolute atomic E-state index is 0.0384. The zero-order valence-corrected chi connectivity index (χ0v) is 16.1. The number of nitrogens with zero attached hydrogens (tertiary/aromatic N) is 4. The number of nitrogens with one attached hydrogen (secondary N) is 1. The highest BCUT2D eigenvalue weighted by Crippen LogP contribution is 2.57. The summed E-state index contributed by atoms with van der Waals surface area (Å²) in [6, 6.07) is 15.2. The first-order chi connectivity index (χ1) is 14.9. The Morgan fingerprint density at radius 3 is 2.71 bits per heavy atom. The van der Waals surface area contributed by atoms with Gasteiger partial charge in [-0.25, -0.2) is 0 Å². The van der Waals surface area contributed by atoms with Crippen molar-refractivity contribution in [3.05, 3.63) is 81.2 Å². The summed E-state index contributed by atoms with van der Waals surface area (Å²) in [5.74, 6) is -0.718. The lowest BCUT2D eigenvalue weighted by Gasteiger charge is -2.32. The Bertz CT molecular complexity index is 1350. The smallest absolute Gasteiger partial charge is 0.269 e. The summed E-state index contributed by atoms with van der Waals surface area (Å²) < 4.78 is 5.59. The Hall–Kier alpha value is -4.65. The number of fused-ring (bicyclic) bond motifs is 4. The molecule has 152 valence electrons. The van der Waals surface area contributed by atoms with Crippen molar-refractivity contribution in [3.63, 3.8) is 0 Å². The zero-order valence-electron chi connectivity index (χ0n) is 16.1. The van der Waals surface area contributed by atoms with Gasteiger partial charge < -0.3 is 15.4 Å². The van der Waals surface area contributed by atoms with E-state index < -0.39 is 16.2 Å². The van der Waals surface area contributed by atoms with E-state index in [1.807, 2.05) is 36.4 Å². The third-order valence-electron chi connectivity index (χ3n) is 5.69. The van der Waals surface area contributed by atoms with E-state index in [4.69, 9.17) is 10.5 Å². The second-order valence-electron chi connectivity index (χ2n) is 7.17. The van der Waals surface area contributed by atoms with Crippen molar-refractivity contribution in [2.45, 2.75) is 5.41 Å². The average molecular weight is 414 g/mol. The minimum Gasteiger partial charge on any atom is -0.420 e. The molecule has 1 amide bonds. The molecular formula is C21H14N6O4. The SMILES string of the molecule is CN1C(=O)C2(C(C#N)=C(N)Oc3n[nH]c(-c4ccccc4)c32)c2cc([N+](=O)[O-])ccc21. The van der Waals surface area contributed by atoms with Crippen molar-refractivity contribution in [1.82, 2.24) is 10.2 Å². The molecule has 0 fully saturated rings. The highest BCUT2D eigenvalue weighted by atomic mass is 16.6. The van der Waals surface area contributed by atoms with Gasteiger partial charge in [-0.3, -0.25) is 20.0 Å². The second kappa shape index (κ2) is 6.17. The maximum atomic E-state index is 13.8. The van der Waals surface area contributed by atoms with Crippen LogP contribution >= 0.6 is 0 Å². The maximum Gasteiger partial charge on any atom is 0.269 e. The number of likely N-dealkylation sites (N-methyl/N-ethyl adjacent to an activating group) is 1. The zero-order chi connectivity index (χ0) is 21.9. The molecule has 0 saturated carbocycles. The predicted molar refractivity (Wildman–Crippen MR) is 109 cm³/mol. The fourth-order valence-corrected chi connectivity index (χ4v) is 4.35. The first-order valence-corrected chi connectivity index (χ1v) is 9.20. The standard InChI is InChI=1S/C21H14N6O4/c1-26-15-8-7-12(27(29)30)9-13(15)21(20(26)28)14(10-22)18(23)31-19-16(21)17(24-25-19)11-5-3-2-4-6-11/h2-9H,23H2,1H3,(H,24,25). The summed E-state index contributed by atoms with van der Waals surface area (Å²) in [7, 11) is 1.55. The molecular weight excluding hydrogens is 400 g/mol. The summed E-state index contributed by atoms with van der Waals surface area (Å²) in [4.78, 5) is 26.1. The van der Waals surface area contributed by atoms with Crippen LogP contribution in [0.15, 0.2) is 60.0 Å². The van der Waals surface area contributed by atoms with Crippen LogP contribution in [0.2, 0.25) is 0 Å². The van der Waals surface area contributed by atoms with Gasteiger partial charge in [0.15, 0.2) is 0 Å². The number of rotatable bonds is 2. The first kappa shape index (κ1) is 18.4. The molecule has 10 heteroatoms. The van der Waals surface area contributed by atoms with Crippen molar-refractivity contribution in [2.24, 2.45) is 5.73 Å². The third kappa shape index (κ3) is 2.20. The lowest BCUT2D eigenvalue weighted by Crippen LogP contribution is -2.45. The number of nitrogens with two attached hydrogens (primary N) is 1. The molecule has 0 aliphatic carbocycles. The van der Waals surface area contributed by atoms with Crippen LogP contribution in [0.3, 0.4) is 0 Å². The van der Waals surface area contributed by atoms with Crippen molar-refractivity contribution >= 4 is 17.3 Å². The van der Waals surface area contributed by atoms with E-state index in [2.05, 4.69) is 10.2 Å². The van der Waals surface area contributed by atoms with Gasteiger partial charge in [0.1, 0.15) is 17.1 Å². The van der Waals surface area contributed by atoms with E-state index in [0.717, 1.165) is 0 Å². The Kier molecular flexibility index (Phi) is 3.66. The van der Waals surface area contributed by atoms with Gasteiger partial charge in [0.25, 0.3) is 5.69 Å². The van der Waals surface area contributed by atoms with Gasteiger partial charge in [-0.15, -0.1) is 5.10 Å². The number of aromatic amines is 1. The van der Waals surface area contributed by atoms with Crippen LogP contribution < -0.4 is 15.4 Å². The second-order valence-corrected chi connectivity index (χ2v) is 7.17. The minimum atomic E-state index is -1.74. The van der Waals surface area contributed by atoms with Gasteiger partial charge in [0.2, 0.25) is 17.7 Å². The molecule has 1 unspecified atom stereocenters. The Labute approximate surface area is 175 Å². The maximum absolute atomic E-state index is 13.8. The first-order valence-electron chi connectivity index (χ1n) is 9.20. The molecule has 2 aliphatic heterocycles. The molecule has 1 atom stereocenters. The highest BCUT2D eigenvalue weighted by Gasteiger charge is 2.61. The molecule has 10 nitrogen and oxygen atoms in total. The number of nitro benzene ring substituents is 1. The van der Waals surface area contributed by atoms with Crippen LogP contribution in [0.5, 0.6) is 5.88 Å². The van der Waals surface area contributed by atoms with Gasteiger partial charge in [0, 0.05) is 36.0 Å². The van der Waals surface area contributed by atoms with Crippen LogP contribution in [0, 0.1) is 21.4 Å². The van der Waals surface area contributed by atoms with E-state index in [-0.39, 0.29) is 28.6 Å². The van der Waals surface area contributed by atoms with Crippen molar-refractivity contribution in [3.8, 4) is 23.2 Å². The van der Waals surface area contributed by atoms with Crippen molar-refractivity contribution < 1.29 is 14.5 Å². The number of aromatic nitrogens is 2. The number of anilines is 1. The van der Waals surface area contributed by atoms with Gasteiger partial charge >= 0.3 is 0 Å². The number of nitriles is 1. The number of non-ortho nitro benzene ring substituents is 1. The average Bonchev–Trinajstić information content (AvgIpc) is 3.28. The van der Waals surface area contributed by atoms with Gasteiger partial charge in [-0.05, 0) is 6.07 Å². The fraction of sp³-hybridized carbons (Fsp3) is 0.0952. The van der Waals surface area contributed by atoms with Crippen molar-refractivity contribution in [1.29, 1.82) is 5.26 Å². The molecule has 3 aromatic rings. The molecule has 0 bridgehead atoms. The van der Waals surface area contributed by atoms with Gasteiger partial charge in [-0.2, -0.15) is 5.26 Å². The van der Waals surface area contributed by atoms with E-state index in [1.165, 1.54) is 23.1 Å². The Morgan fingerprint density at radius 1 is 1.29 bits per heavy atom. The number of amides is 1. The summed E-state index contributed by atoms with van der Waals surface area (Å²) >= 11 is 0. The van der Waals surface area contributed by atoms with Gasteiger partial charge in [-0.1, -0.05) is 30.3 Å². The van der Waals surface area contributed by atoms with E-state index in [9.17, 15) is 20.2 Å². The molecule has 1 aromatic heterocycles. The van der Waals surface area contributed by atoms with E-state index in [0.29, 0.717) is 22.5 Å². The van der Waals surface area contributed by atoms with Crippen LogP contribution in [0.25, 0.3) is 11.3 Å². The van der Waals surface area contributed by atoms with Gasteiger partial charge in [0.05, 0.1) is 16.2 Å². The summed E-state index contributed by atoms with van der Waals surface area (Å²) in [6.07, 6.45) is 0. The number of nitro groups is 1. The van der Waals surface area contributed by atoms with Crippen LogP contribution in [-0.4, -0.2) is 28.1 Å². The fourth-order valence-electron chi connectivity index (χ4n) is 4.35. The number of carbonyl (C=O) groups excluding carboxylic acids is 1. The molecule has 3 heterocycles. The van der Waals surface area contributed by atoms with E-state index >= 15 is 0 Å². The Morgan fingerprint density at radius 2 is 2.03 bits per heavy atom. The molecule has 31 heavy (non-hydrogen) atoms. The summed E-state index contributed by atoms with van der Waals surface area (Å²) in [5, 5.41) is 28.6. The number of hydrogen-bond donors (Lipinski definition) is 2. The van der Waals surface area contributed by atoms with Crippen LogP contribution in [0.4, 0.5) is 11.4 Å². The lowest BCUT2D eigenvalue weighted by atomic mass is 9.68. The Balaban J connectivity index is 1.94. The molecule has 2 aromatic carbocycles. The quantitative estimate of drug-likeness (QED) is 0.482. The molecule has 5 rings (SSSR count). The lowest BCUT2D eigenvalue weighted by molar-refractivity contribution is -0.384. The largest absolute Gasteiger partial charge is 0.420 e. The normalized spacial score (nSPS) is 19.1. The summed E-state index contributed by atoms with van der Waals surface area (Å²) in [6.45, 7) is 0. The topological polar surface area (TPSA) is 151 Å².